The van der Waals surface area contributed by atoms with Gasteiger partial charge in [-0.2, -0.15) is 10.2 Å². The van der Waals surface area contributed by atoms with E-state index in [2.05, 4.69) is 33.1 Å². The maximum Gasteiger partial charge on any atom is 0.0738 e. The molecule has 0 bridgehead atoms. The summed E-state index contributed by atoms with van der Waals surface area (Å²) in [6.07, 6.45) is 3.93. The van der Waals surface area contributed by atoms with Crippen LogP contribution in [0.15, 0.2) is 47.2 Å². The van der Waals surface area contributed by atoms with Crippen molar-refractivity contribution < 1.29 is 0 Å². The molecule has 1 aromatic carbocycles. The molecule has 20 heavy (non-hydrogen) atoms. The molecule has 2 heterocycles. The maximum absolute atomic E-state index is 4.52. The van der Waals surface area contributed by atoms with Gasteiger partial charge < -0.3 is 0 Å². The Morgan fingerprint density at radius 2 is 1.90 bits per heavy atom. The Hall–Kier alpha value is -1.88. The SMILES string of the molecule is Cc1nn(Cc2cnn(-c3ccccc3)c2)c(C)c1Br. The molecule has 0 saturated carbocycles. The van der Waals surface area contributed by atoms with Crippen LogP contribution in [0.2, 0.25) is 0 Å². The van der Waals surface area contributed by atoms with Crippen molar-refractivity contribution in [3.8, 4) is 5.69 Å². The Morgan fingerprint density at radius 1 is 1.15 bits per heavy atom. The van der Waals surface area contributed by atoms with Gasteiger partial charge in [0.2, 0.25) is 0 Å². The van der Waals surface area contributed by atoms with Gasteiger partial charge in [-0.1, -0.05) is 18.2 Å². The first-order valence-corrected chi connectivity index (χ1v) is 7.23. The standard InChI is InChI=1S/C15H15BrN4/c1-11-15(16)12(2)19(18-11)9-13-8-17-20(10-13)14-6-4-3-5-7-14/h3-8,10H,9H2,1-2H3. The normalized spacial score (nSPS) is 10.9. The average Bonchev–Trinajstić information content (AvgIpc) is 3.02. The van der Waals surface area contributed by atoms with Crippen molar-refractivity contribution in [1.29, 1.82) is 0 Å². The fourth-order valence-corrected chi connectivity index (χ4v) is 2.45. The molecule has 0 saturated heterocycles. The van der Waals surface area contributed by atoms with Crippen LogP contribution in [-0.2, 0) is 6.54 Å². The van der Waals surface area contributed by atoms with E-state index in [1.807, 2.05) is 59.0 Å². The van der Waals surface area contributed by atoms with E-state index in [9.17, 15) is 0 Å². The van der Waals surface area contributed by atoms with Crippen molar-refractivity contribution in [3.63, 3.8) is 0 Å². The predicted molar refractivity (Wildman–Crippen MR) is 82.1 cm³/mol. The third kappa shape index (κ3) is 2.41. The second-order valence-electron chi connectivity index (χ2n) is 4.77. The maximum atomic E-state index is 4.52. The minimum atomic E-state index is 0.727. The lowest BCUT2D eigenvalue weighted by Crippen LogP contribution is -2.03. The van der Waals surface area contributed by atoms with Crippen molar-refractivity contribution >= 4 is 15.9 Å². The second kappa shape index (κ2) is 5.25. The lowest BCUT2D eigenvalue weighted by atomic mass is 10.3. The molecular weight excluding hydrogens is 316 g/mol. The second-order valence-corrected chi connectivity index (χ2v) is 5.56. The quantitative estimate of drug-likeness (QED) is 0.736. The van der Waals surface area contributed by atoms with Crippen LogP contribution in [0, 0.1) is 13.8 Å². The zero-order valence-corrected chi connectivity index (χ0v) is 13.0. The summed E-state index contributed by atoms with van der Waals surface area (Å²) < 4.78 is 4.95. The summed E-state index contributed by atoms with van der Waals surface area (Å²) in [6.45, 7) is 4.79. The van der Waals surface area contributed by atoms with Gasteiger partial charge in [-0.05, 0) is 41.9 Å². The Labute approximate surface area is 126 Å². The molecule has 5 heteroatoms. The monoisotopic (exact) mass is 330 g/mol. The molecule has 0 fully saturated rings. The summed E-state index contributed by atoms with van der Waals surface area (Å²) in [7, 11) is 0. The van der Waals surface area contributed by atoms with E-state index >= 15 is 0 Å². The third-order valence-electron chi connectivity index (χ3n) is 3.28. The highest BCUT2D eigenvalue weighted by atomic mass is 79.9. The molecule has 3 rings (SSSR count). The molecule has 0 aliphatic rings. The molecule has 0 aliphatic carbocycles. The van der Waals surface area contributed by atoms with E-state index in [1.54, 1.807) is 0 Å². The van der Waals surface area contributed by atoms with E-state index in [4.69, 9.17) is 0 Å². The van der Waals surface area contributed by atoms with Crippen LogP contribution >= 0.6 is 15.9 Å². The number of aryl methyl sites for hydroxylation is 1. The van der Waals surface area contributed by atoms with Gasteiger partial charge in [-0.3, -0.25) is 4.68 Å². The molecule has 0 aliphatic heterocycles. The number of aromatic nitrogens is 4. The molecule has 0 N–H and O–H groups in total. The molecule has 0 atom stereocenters. The number of hydrogen-bond donors (Lipinski definition) is 0. The number of halogens is 1. The van der Waals surface area contributed by atoms with Crippen molar-refractivity contribution in [3.05, 3.63) is 64.1 Å². The number of nitrogens with zero attached hydrogens (tertiary/aromatic N) is 4. The highest BCUT2D eigenvalue weighted by molar-refractivity contribution is 9.10. The van der Waals surface area contributed by atoms with E-state index in [1.165, 1.54) is 0 Å². The van der Waals surface area contributed by atoms with Crippen molar-refractivity contribution in [2.75, 3.05) is 0 Å². The van der Waals surface area contributed by atoms with Gasteiger partial charge in [0, 0.05) is 11.8 Å². The predicted octanol–water partition coefficient (Wildman–Crippen LogP) is 3.50. The Balaban J connectivity index is 1.86. The Morgan fingerprint density at radius 3 is 2.55 bits per heavy atom. The molecular formula is C15H15BrN4. The van der Waals surface area contributed by atoms with Gasteiger partial charge in [-0.25, -0.2) is 4.68 Å². The summed E-state index contributed by atoms with van der Waals surface area (Å²) in [4.78, 5) is 0. The lowest BCUT2D eigenvalue weighted by molar-refractivity contribution is 0.658. The first-order chi connectivity index (χ1) is 9.65. The molecule has 2 aromatic heterocycles. The van der Waals surface area contributed by atoms with Crippen LogP contribution in [-0.4, -0.2) is 19.6 Å². The van der Waals surface area contributed by atoms with Gasteiger partial charge in [0.15, 0.2) is 0 Å². The molecule has 102 valence electrons. The zero-order valence-electron chi connectivity index (χ0n) is 11.4. The number of benzene rings is 1. The molecule has 0 unspecified atom stereocenters. The summed E-state index contributed by atoms with van der Waals surface area (Å²) in [5, 5.41) is 8.93. The Bertz CT molecular complexity index is 728. The zero-order chi connectivity index (χ0) is 14.1. The van der Waals surface area contributed by atoms with Gasteiger partial charge in [0.25, 0.3) is 0 Å². The number of rotatable bonds is 3. The van der Waals surface area contributed by atoms with E-state index < -0.39 is 0 Å². The van der Waals surface area contributed by atoms with Crippen LogP contribution in [0.25, 0.3) is 5.69 Å². The third-order valence-corrected chi connectivity index (χ3v) is 4.43. The minimum absolute atomic E-state index is 0.727. The highest BCUT2D eigenvalue weighted by Crippen LogP contribution is 2.20. The van der Waals surface area contributed by atoms with Gasteiger partial charge in [0.05, 0.1) is 34.3 Å². The largest absolute Gasteiger partial charge is 0.264 e. The Kier molecular flexibility index (Phi) is 3.44. The lowest BCUT2D eigenvalue weighted by Gasteiger charge is -2.02. The van der Waals surface area contributed by atoms with Gasteiger partial charge in [0.1, 0.15) is 0 Å². The number of hydrogen-bond acceptors (Lipinski definition) is 2. The van der Waals surface area contributed by atoms with Crippen LogP contribution in [0.5, 0.6) is 0 Å². The minimum Gasteiger partial charge on any atom is -0.264 e. The van der Waals surface area contributed by atoms with Gasteiger partial charge >= 0.3 is 0 Å². The van der Waals surface area contributed by atoms with Crippen LogP contribution in [0.1, 0.15) is 17.0 Å². The first kappa shape index (κ1) is 13.1. The van der Waals surface area contributed by atoms with E-state index in [0.29, 0.717) is 0 Å². The molecule has 0 amide bonds. The smallest absolute Gasteiger partial charge is 0.0738 e. The van der Waals surface area contributed by atoms with E-state index in [-0.39, 0.29) is 0 Å². The molecule has 0 spiro atoms. The topological polar surface area (TPSA) is 35.6 Å². The summed E-state index contributed by atoms with van der Waals surface area (Å²) in [5.41, 5.74) is 4.34. The van der Waals surface area contributed by atoms with Crippen LogP contribution < -0.4 is 0 Å². The molecule has 0 radical (unpaired) electrons. The van der Waals surface area contributed by atoms with Crippen molar-refractivity contribution in [2.45, 2.75) is 20.4 Å². The van der Waals surface area contributed by atoms with E-state index in [0.717, 1.165) is 33.7 Å². The highest BCUT2D eigenvalue weighted by Gasteiger charge is 2.10. The number of para-hydroxylation sites is 1. The van der Waals surface area contributed by atoms with Crippen molar-refractivity contribution in [2.24, 2.45) is 0 Å². The molecule has 3 aromatic rings. The van der Waals surface area contributed by atoms with Gasteiger partial charge in [-0.15, -0.1) is 0 Å². The van der Waals surface area contributed by atoms with Crippen LogP contribution in [0.4, 0.5) is 0 Å². The average molecular weight is 331 g/mol. The summed E-state index contributed by atoms with van der Waals surface area (Å²) >= 11 is 3.55. The first-order valence-electron chi connectivity index (χ1n) is 6.43. The summed E-state index contributed by atoms with van der Waals surface area (Å²) in [5.74, 6) is 0. The summed E-state index contributed by atoms with van der Waals surface area (Å²) in [6, 6.07) is 10.1. The fraction of sp³-hybridized carbons (Fsp3) is 0.200. The van der Waals surface area contributed by atoms with Crippen LogP contribution in [0.3, 0.4) is 0 Å². The fourth-order valence-electron chi connectivity index (χ4n) is 2.17. The molecule has 4 nitrogen and oxygen atoms in total. The van der Waals surface area contributed by atoms with Crippen molar-refractivity contribution in [1.82, 2.24) is 19.6 Å².